The molecule has 1 aromatic carbocycles. The van der Waals surface area contributed by atoms with Crippen LogP contribution < -0.4 is 10.6 Å². The van der Waals surface area contributed by atoms with Crippen LogP contribution in [0.15, 0.2) is 51.6 Å². The summed E-state index contributed by atoms with van der Waals surface area (Å²) in [4.78, 5) is 2.48. The van der Waals surface area contributed by atoms with Crippen molar-refractivity contribution >= 4 is 38.9 Å². The zero-order chi connectivity index (χ0) is 16.8. The van der Waals surface area contributed by atoms with Crippen molar-refractivity contribution in [3.8, 4) is 0 Å². The highest BCUT2D eigenvalue weighted by atomic mass is 79.9. The van der Waals surface area contributed by atoms with Gasteiger partial charge in [-0.2, -0.15) is 0 Å². The summed E-state index contributed by atoms with van der Waals surface area (Å²) in [6.07, 6.45) is 5.55. The van der Waals surface area contributed by atoms with Crippen molar-refractivity contribution < 1.29 is 4.42 Å². The average Bonchev–Trinajstić information content (AvgIpc) is 3.10. The molecule has 128 valence electrons. The van der Waals surface area contributed by atoms with Crippen LogP contribution in [0.5, 0.6) is 0 Å². The minimum Gasteiger partial charge on any atom is -0.468 e. The van der Waals surface area contributed by atoms with Gasteiger partial charge in [0, 0.05) is 16.7 Å². The maximum atomic E-state index is 5.66. The molecular weight excluding hydrogens is 386 g/mol. The van der Waals surface area contributed by atoms with Crippen molar-refractivity contribution in [2.45, 2.75) is 25.3 Å². The molecule has 0 saturated carbocycles. The Morgan fingerprint density at radius 2 is 2.04 bits per heavy atom. The second kappa shape index (κ2) is 8.65. The van der Waals surface area contributed by atoms with Crippen molar-refractivity contribution in [2.75, 3.05) is 25.0 Å². The lowest BCUT2D eigenvalue weighted by Crippen LogP contribution is -2.41. The molecule has 1 atom stereocenters. The minimum absolute atomic E-state index is 0.211. The van der Waals surface area contributed by atoms with Crippen molar-refractivity contribution in [3.05, 3.63) is 52.9 Å². The molecule has 1 fully saturated rings. The molecule has 1 aliphatic rings. The van der Waals surface area contributed by atoms with Gasteiger partial charge in [0.05, 0.1) is 12.3 Å². The molecule has 2 heterocycles. The second-order valence-electron chi connectivity index (χ2n) is 5.97. The van der Waals surface area contributed by atoms with Crippen molar-refractivity contribution in [1.29, 1.82) is 0 Å². The molecule has 0 bridgehead atoms. The lowest BCUT2D eigenvalue weighted by molar-refractivity contribution is 0.146. The van der Waals surface area contributed by atoms with Crippen molar-refractivity contribution in [1.82, 2.24) is 10.2 Å². The Labute approximate surface area is 156 Å². The normalized spacial score (nSPS) is 16.5. The summed E-state index contributed by atoms with van der Waals surface area (Å²) in [5, 5.41) is 7.19. The number of nitrogens with one attached hydrogen (secondary N) is 2. The quantitative estimate of drug-likeness (QED) is 0.711. The monoisotopic (exact) mass is 407 g/mol. The molecule has 0 spiro atoms. The van der Waals surface area contributed by atoms with Crippen LogP contribution in [0, 0.1) is 0 Å². The Morgan fingerprint density at radius 3 is 2.75 bits per heavy atom. The van der Waals surface area contributed by atoms with E-state index in [1.54, 1.807) is 6.26 Å². The van der Waals surface area contributed by atoms with E-state index in [9.17, 15) is 0 Å². The summed E-state index contributed by atoms with van der Waals surface area (Å²) in [5.41, 5.74) is 0.967. The number of rotatable bonds is 5. The third-order valence-corrected chi connectivity index (χ3v) is 4.98. The fourth-order valence-corrected chi connectivity index (χ4v) is 3.65. The lowest BCUT2D eigenvalue weighted by Gasteiger charge is -2.33. The fourth-order valence-electron chi connectivity index (χ4n) is 3.05. The largest absolute Gasteiger partial charge is 0.468 e. The van der Waals surface area contributed by atoms with E-state index in [0.29, 0.717) is 5.11 Å². The molecule has 1 aliphatic heterocycles. The first-order valence-corrected chi connectivity index (χ1v) is 9.50. The molecule has 1 aromatic heterocycles. The molecule has 24 heavy (non-hydrogen) atoms. The average molecular weight is 408 g/mol. The fraction of sp³-hybridized carbons (Fsp3) is 0.389. The zero-order valence-electron chi connectivity index (χ0n) is 13.5. The van der Waals surface area contributed by atoms with Gasteiger partial charge in [0.25, 0.3) is 0 Å². The maximum Gasteiger partial charge on any atom is 0.170 e. The van der Waals surface area contributed by atoms with Gasteiger partial charge in [-0.05, 0) is 68.5 Å². The molecule has 1 saturated heterocycles. The second-order valence-corrected chi connectivity index (χ2v) is 7.30. The number of likely N-dealkylation sites (tertiary alicyclic amines) is 1. The SMILES string of the molecule is S=C(NC[C@@H](c1ccco1)N1CCCCC1)Nc1cccc(Br)c1. The van der Waals surface area contributed by atoms with E-state index >= 15 is 0 Å². The van der Waals surface area contributed by atoms with Crippen LogP contribution in [0.25, 0.3) is 0 Å². The van der Waals surface area contributed by atoms with E-state index in [0.717, 1.165) is 35.6 Å². The number of thiocarbonyl (C=S) groups is 1. The molecular formula is C18H22BrN3OS. The van der Waals surface area contributed by atoms with Crippen LogP contribution in [0.4, 0.5) is 5.69 Å². The molecule has 6 heteroatoms. The summed E-state index contributed by atoms with van der Waals surface area (Å²) in [6, 6.07) is 12.2. The number of furan rings is 1. The van der Waals surface area contributed by atoms with Gasteiger partial charge in [-0.15, -0.1) is 0 Å². The first-order valence-electron chi connectivity index (χ1n) is 8.30. The molecule has 0 amide bonds. The van der Waals surface area contributed by atoms with Gasteiger partial charge >= 0.3 is 0 Å². The van der Waals surface area contributed by atoms with Gasteiger partial charge in [-0.3, -0.25) is 4.90 Å². The Morgan fingerprint density at radius 1 is 1.21 bits per heavy atom. The lowest BCUT2D eigenvalue weighted by atomic mass is 10.1. The third-order valence-electron chi connectivity index (χ3n) is 4.24. The van der Waals surface area contributed by atoms with E-state index in [4.69, 9.17) is 16.6 Å². The highest BCUT2D eigenvalue weighted by molar-refractivity contribution is 9.10. The Hall–Kier alpha value is -1.37. The molecule has 3 rings (SSSR count). The molecule has 0 unspecified atom stereocenters. The van der Waals surface area contributed by atoms with Gasteiger partial charge in [0.15, 0.2) is 5.11 Å². The van der Waals surface area contributed by atoms with E-state index in [2.05, 4.69) is 31.5 Å². The molecule has 2 aromatic rings. The number of halogens is 1. The Balaban J connectivity index is 1.59. The van der Waals surface area contributed by atoms with E-state index < -0.39 is 0 Å². The van der Waals surface area contributed by atoms with Gasteiger partial charge in [-0.1, -0.05) is 28.4 Å². The predicted molar refractivity (Wildman–Crippen MR) is 105 cm³/mol. The minimum atomic E-state index is 0.211. The van der Waals surface area contributed by atoms with Crippen LogP contribution in [0.3, 0.4) is 0 Å². The predicted octanol–water partition coefficient (Wildman–Crippen LogP) is 4.56. The van der Waals surface area contributed by atoms with Crippen molar-refractivity contribution in [2.24, 2.45) is 0 Å². The number of nitrogens with zero attached hydrogens (tertiary/aromatic N) is 1. The van der Waals surface area contributed by atoms with Gasteiger partial charge < -0.3 is 15.1 Å². The highest BCUT2D eigenvalue weighted by Gasteiger charge is 2.24. The molecule has 2 N–H and O–H groups in total. The Kier molecular flexibility index (Phi) is 6.29. The van der Waals surface area contributed by atoms with Crippen molar-refractivity contribution in [3.63, 3.8) is 0 Å². The smallest absolute Gasteiger partial charge is 0.170 e. The van der Waals surface area contributed by atoms with Crippen LogP contribution in [-0.2, 0) is 0 Å². The van der Waals surface area contributed by atoms with Crippen LogP contribution in [-0.4, -0.2) is 29.6 Å². The van der Waals surface area contributed by atoms with E-state index in [1.165, 1.54) is 19.3 Å². The third kappa shape index (κ3) is 4.82. The summed E-state index contributed by atoms with van der Waals surface area (Å²) < 4.78 is 6.69. The van der Waals surface area contributed by atoms with Gasteiger partial charge in [0.2, 0.25) is 0 Å². The number of hydrogen-bond acceptors (Lipinski definition) is 3. The molecule has 0 aliphatic carbocycles. The number of benzene rings is 1. The topological polar surface area (TPSA) is 40.4 Å². The summed E-state index contributed by atoms with van der Waals surface area (Å²) in [7, 11) is 0. The summed E-state index contributed by atoms with van der Waals surface area (Å²) in [5.74, 6) is 0.995. The number of piperidine rings is 1. The molecule has 0 radical (unpaired) electrons. The van der Waals surface area contributed by atoms with E-state index in [-0.39, 0.29) is 6.04 Å². The standard InChI is InChI=1S/C18H22BrN3OS/c19-14-6-4-7-15(12-14)21-18(24)20-13-16(17-8-5-11-23-17)22-9-2-1-3-10-22/h4-8,11-12,16H,1-3,9-10,13H2,(H2,20,21,24)/t16-/m0/s1. The first-order chi connectivity index (χ1) is 11.7. The van der Waals surface area contributed by atoms with Crippen LogP contribution in [0.1, 0.15) is 31.1 Å². The first kappa shape index (κ1) is 17.5. The zero-order valence-corrected chi connectivity index (χ0v) is 15.9. The number of hydrogen-bond donors (Lipinski definition) is 2. The van der Waals surface area contributed by atoms with Gasteiger partial charge in [-0.25, -0.2) is 0 Å². The Bertz CT molecular complexity index is 656. The number of anilines is 1. The van der Waals surface area contributed by atoms with Crippen LogP contribution >= 0.6 is 28.1 Å². The highest BCUT2D eigenvalue weighted by Crippen LogP contribution is 2.24. The van der Waals surface area contributed by atoms with Crippen LogP contribution in [0.2, 0.25) is 0 Å². The maximum absolute atomic E-state index is 5.66. The molecule has 4 nitrogen and oxygen atoms in total. The van der Waals surface area contributed by atoms with E-state index in [1.807, 2.05) is 36.4 Å². The summed E-state index contributed by atoms with van der Waals surface area (Å²) >= 11 is 8.91. The summed E-state index contributed by atoms with van der Waals surface area (Å²) in [6.45, 7) is 2.95. The van der Waals surface area contributed by atoms with Gasteiger partial charge in [0.1, 0.15) is 5.76 Å².